The Morgan fingerprint density at radius 1 is 1.82 bits per heavy atom. The molecule has 1 amide bonds. The van der Waals surface area contributed by atoms with Gasteiger partial charge < -0.3 is 10.6 Å². The molecule has 0 aromatic rings. The fourth-order valence-electron chi connectivity index (χ4n) is 1.83. The number of amides is 1. The Balaban J connectivity index is 2.01. The highest BCUT2D eigenvalue weighted by molar-refractivity contribution is 5.84. The summed E-state index contributed by atoms with van der Waals surface area (Å²) in [5.41, 5.74) is 5.48. The first-order valence-corrected chi connectivity index (χ1v) is 4.24. The summed E-state index contributed by atoms with van der Waals surface area (Å²) < 4.78 is 0. The molecular formula is C8H14N2O. The minimum atomic E-state index is 0.246. The maximum atomic E-state index is 11.4. The molecule has 1 heterocycles. The van der Waals surface area contributed by atoms with Crippen molar-refractivity contribution in [1.82, 2.24) is 4.90 Å². The lowest BCUT2D eigenvalue weighted by Crippen LogP contribution is -2.41. The number of fused-ring (bicyclic) bond motifs is 1. The number of carbonyl (C=O) groups is 1. The van der Waals surface area contributed by atoms with Crippen molar-refractivity contribution in [2.75, 3.05) is 13.1 Å². The fraction of sp³-hybridized carbons (Fsp3) is 0.875. The van der Waals surface area contributed by atoms with Crippen LogP contribution in [-0.2, 0) is 4.79 Å². The zero-order chi connectivity index (χ0) is 8.01. The Morgan fingerprint density at radius 3 is 3.00 bits per heavy atom. The third-order valence-corrected chi connectivity index (χ3v) is 2.83. The van der Waals surface area contributed by atoms with E-state index in [-0.39, 0.29) is 6.04 Å². The number of hydrogen-bond donors (Lipinski definition) is 1. The van der Waals surface area contributed by atoms with E-state index < -0.39 is 0 Å². The first-order chi connectivity index (χ1) is 5.24. The van der Waals surface area contributed by atoms with Gasteiger partial charge in [-0.2, -0.15) is 0 Å². The Labute approximate surface area is 66.5 Å². The SMILES string of the molecule is CC(CN)N1CC2CC2C1=O. The molecule has 1 aliphatic heterocycles. The van der Waals surface area contributed by atoms with Crippen LogP contribution in [0.5, 0.6) is 0 Å². The molecule has 1 aliphatic carbocycles. The van der Waals surface area contributed by atoms with Gasteiger partial charge in [-0.05, 0) is 19.3 Å². The van der Waals surface area contributed by atoms with Gasteiger partial charge in [0.2, 0.25) is 5.91 Å². The third-order valence-electron chi connectivity index (χ3n) is 2.83. The van der Waals surface area contributed by atoms with Gasteiger partial charge in [0.15, 0.2) is 0 Å². The van der Waals surface area contributed by atoms with Gasteiger partial charge in [-0.25, -0.2) is 0 Å². The van der Waals surface area contributed by atoms with Gasteiger partial charge >= 0.3 is 0 Å². The van der Waals surface area contributed by atoms with Crippen LogP contribution in [0.15, 0.2) is 0 Å². The Morgan fingerprint density at radius 2 is 2.55 bits per heavy atom. The molecule has 3 unspecified atom stereocenters. The highest BCUT2D eigenvalue weighted by Crippen LogP contribution is 2.46. The lowest BCUT2D eigenvalue weighted by Gasteiger charge is -2.24. The van der Waals surface area contributed by atoms with Crippen molar-refractivity contribution < 1.29 is 4.79 Å². The quantitative estimate of drug-likeness (QED) is 0.599. The zero-order valence-electron chi connectivity index (χ0n) is 6.79. The normalized spacial score (nSPS) is 37.3. The minimum Gasteiger partial charge on any atom is -0.338 e. The predicted molar refractivity (Wildman–Crippen MR) is 41.8 cm³/mol. The number of likely N-dealkylation sites (tertiary alicyclic amines) is 1. The van der Waals surface area contributed by atoms with E-state index in [0.717, 1.165) is 13.0 Å². The number of nitrogens with zero attached hydrogens (tertiary/aromatic N) is 1. The topological polar surface area (TPSA) is 46.3 Å². The van der Waals surface area contributed by atoms with Crippen molar-refractivity contribution in [1.29, 1.82) is 0 Å². The molecule has 0 aromatic heterocycles. The second-order valence-corrected chi connectivity index (χ2v) is 3.68. The van der Waals surface area contributed by atoms with Crippen molar-refractivity contribution in [2.45, 2.75) is 19.4 Å². The summed E-state index contributed by atoms with van der Waals surface area (Å²) in [5, 5.41) is 0. The van der Waals surface area contributed by atoms with E-state index in [1.165, 1.54) is 0 Å². The number of rotatable bonds is 2. The summed E-state index contributed by atoms with van der Waals surface area (Å²) >= 11 is 0. The Kier molecular flexibility index (Phi) is 1.42. The van der Waals surface area contributed by atoms with Crippen molar-refractivity contribution >= 4 is 5.91 Å². The van der Waals surface area contributed by atoms with Crippen LogP contribution in [0, 0.1) is 11.8 Å². The molecule has 2 fully saturated rings. The Hall–Kier alpha value is -0.570. The predicted octanol–water partition coefficient (Wildman–Crippen LogP) is -0.188. The molecule has 62 valence electrons. The molecule has 3 nitrogen and oxygen atoms in total. The summed E-state index contributed by atoms with van der Waals surface area (Å²) in [5.74, 6) is 1.40. The average molecular weight is 154 g/mol. The van der Waals surface area contributed by atoms with E-state index in [0.29, 0.717) is 24.3 Å². The molecule has 2 rings (SSSR count). The lowest BCUT2D eigenvalue weighted by atomic mass is 10.3. The van der Waals surface area contributed by atoms with Crippen LogP contribution in [0.1, 0.15) is 13.3 Å². The minimum absolute atomic E-state index is 0.246. The molecule has 2 aliphatic rings. The summed E-state index contributed by atoms with van der Waals surface area (Å²) in [6, 6.07) is 0.246. The average Bonchev–Trinajstić information content (AvgIpc) is 2.71. The summed E-state index contributed by atoms with van der Waals surface area (Å²) in [4.78, 5) is 13.3. The molecule has 0 radical (unpaired) electrons. The van der Waals surface area contributed by atoms with Crippen LogP contribution in [0.4, 0.5) is 0 Å². The van der Waals surface area contributed by atoms with E-state index in [2.05, 4.69) is 0 Å². The molecular weight excluding hydrogens is 140 g/mol. The van der Waals surface area contributed by atoms with Gasteiger partial charge in [0.25, 0.3) is 0 Å². The molecule has 3 atom stereocenters. The molecule has 11 heavy (non-hydrogen) atoms. The van der Waals surface area contributed by atoms with Crippen LogP contribution < -0.4 is 5.73 Å². The standard InChI is InChI=1S/C8H14N2O/c1-5(3-9)10-4-6-2-7(6)8(10)11/h5-7H,2-4,9H2,1H3. The van der Waals surface area contributed by atoms with Crippen molar-refractivity contribution in [3.05, 3.63) is 0 Å². The third kappa shape index (κ3) is 0.948. The number of piperidine rings is 1. The van der Waals surface area contributed by atoms with Gasteiger partial charge in [-0.3, -0.25) is 4.79 Å². The largest absolute Gasteiger partial charge is 0.338 e. The van der Waals surface area contributed by atoms with Crippen LogP contribution in [0.2, 0.25) is 0 Å². The van der Waals surface area contributed by atoms with E-state index >= 15 is 0 Å². The lowest BCUT2D eigenvalue weighted by molar-refractivity contribution is -0.131. The first-order valence-electron chi connectivity index (χ1n) is 4.24. The van der Waals surface area contributed by atoms with Crippen LogP contribution in [0.25, 0.3) is 0 Å². The second kappa shape index (κ2) is 2.21. The molecule has 2 N–H and O–H groups in total. The van der Waals surface area contributed by atoms with E-state index in [4.69, 9.17) is 5.73 Å². The van der Waals surface area contributed by atoms with Gasteiger partial charge in [0, 0.05) is 25.0 Å². The van der Waals surface area contributed by atoms with Crippen molar-refractivity contribution in [2.24, 2.45) is 17.6 Å². The number of hydrogen-bond acceptors (Lipinski definition) is 2. The van der Waals surface area contributed by atoms with Crippen molar-refractivity contribution in [3.8, 4) is 0 Å². The highest BCUT2D eigenvalue weighted by atomic mass is 16.2. The van der Waals surface area contributed by atoms with Crippen molar-refractivity contribution in [3.63, 3.8) is 0 Å². The first kappa shape index (κ1) is 7.10. The second-order valence-electron chi connectivity index (χ2n) is 3.68. The monoisotopic (exact) mass is 154 g/mol. The highest BCUT2D eigenvalue weighted by Gasteiger charge is 2.52. The number of nitrogens with two attached hydrogens (primary N) is 1. The fourth-order valence-corrected chi connectivity index (χ4v) is 1.83. The summed E-state index contributed by atoms with van der Waals surface area (Å²) in [7, 11) is 0. The summed E-state index contributed by atoms with van der Waals surface area (Å²) in [6.07, 6.45) is 1.13. The smallest absolute Gasteiger partial charge is 0.226 e. The number of carbonyl (C=O) groups excluding carboxylic acids is 1. The Bertz CT molecular complexity index is 193. The maximum absolute atomic E-state index is 11.4. The van der Waals surface area contributed by atoms with E-state index in [1.807, 2.05) is 11.8 Å². The molecule has 1 saturated heterocycles. The molecule has 1 saturated carbocycles. The molecule has 0 aromatic carbocycles. The van der Waals surface area contributed by atoms with Gasteiger partial charge in [-0.1, -0.05) is 0 Å². The van der Waals surface area contributed by atoms with E-state index in [1.54, 1.807) is 0 Å². The van der Waals surface area contributed by atoms with Crippen LogP contribution >= 0.6 is 0 Å². The van der Waals surface area contributed by atoms with Gasteiger partial charge in [0.1, 0.15) is 0 Å². The van der Waals surface area contributed by atoms with Crippen LogP contribution in [0.3, 0.4) is 0 Å². The van der Waals surface area contributed by atoms with Crippen LogP contribution in [-0.4, -0.2) is 29.9 Å². The summed E-state index contributed by atoms with van der Waals surface area (Å²) in [6.45, 7) is 3.57. The van der Waals surface area contributed by atoms with Gasteiger partial charge in [0.05, 0.1) is 0 Å². The molecule has 3 heteroatoms. The molecule has 0 bridgehead atoms. The van der Waals surface area contributed by atoms with Gasteiger partial charge in [-0.15, -0.1) is 0 Å². The zero-order valence-corrected chi connectivity index (χ0v) is 6.79. The molecule has 0 spiro atoms. The maximum Gasteiger partial charge on any atom is 0.226 e. The van der Waals surface area contributed by atoms with E-state index in [9.17, 15) is 4.79 Å².